The molecule has 0 aliphatic rings. The Balaban J connectivity index is 1.98. The van der Waals surface area contributed by atoms with Crippen molar-refractivity contribution < 1.29 is 4.79 Å². The average molecular weight is 343 g/mol. The number of amides is 1. The van der Waals surface area contributed by atoms with Crippen LogP contribution in [-0.2, 0) is 6.42 Å². The number of nitrogens with one attached hydrogen (secondary N) is 1. The van der Waals surface area contributed by atoms with Gasteiger partial charge < -0.3 is 5.32 Å². The zero-order valence-electron chi connectivity index (χ0n) is 11.6. The van der Waals surface area contributed by atoms with Crippen LogP contribution in [0, 0.1) is 11.3 Å². The van der Waals surface area contributed by atoms with Gasteiger partial charge in [0.1, 0.15) is 0 Å². The molecular formula is C17H15BrN2O. The molecule has 0 radical (unpaired) electrons. The van der Waals surface area contributed by atoms with Gasteiger partial charge >= 0.3 is 0 Å². The molecule has 0 aromatic heterocycles. The summed E-state index contributed by atoms with van der Waals surface area (Å²) < 4.78 is 1.04. The first-order chi connectivity index (χ1) is 10.1. The fourth-order valence-electron chi connectivity index (χ4n) is 2.06. The molecule has 2 aromatic rings. The van der Waals surface area contributed by atoms with Gasteiger partial charge in [-0.1, -0.05) is 34.1 Å². The molecule has 0 aliphatic carbocycles. The number of benzene rings is 2. The van der Waals surface area contributed by atoms with Crippen LogP contribution in [0.2, 0.25) is 0 Å². The monoisotopic (exact) mass is 342 g/mol. The summed E-state index contributed by atoms with van der Waals surface area (Å²) in [4.78, 5) is 12.1. The Labute approximate surface area is 132 Å². The van der Waals surface area contributed by atoms with Crippen LogP contribution >= 0.6 is 15.9 Å². The summed E-state index contributed by atoms with van der Waals surface area (Å²) >= 11 is 3.40. The van der Waals surface area contributed by atoms with Crippen LogP contribution < -0.4 is 5.32 Å². The number of nitrogens with zero attached hydrogens (tertiary/aromatic N) is 1. The van der Waals surface area contributed by atoms with Crippen molar-refractivity contribution in [3.63, 3.8) is 0 Å². The molecule has 3 nitrogen and oxygen atoms in total. The predicted octanol–water partition coefficient (Wildman–Crippen LogP) is 3.68. The second-order valence-corrected chi connectivity index (χ2v) is 5.81. The maximum atomic E-state index is 12.1. The standard InChI is InChI=1S/C17H15BrN2O/c1-12(9-13-5-7-16(18)8-6-13)20-17(21)15-4-2-3-14(10-15)11-19/h2-8,10,12H,9H2,1H3,(H,20,21)/t12-/m0/s1. The Morgan fingerprint density at radius 2 is 2.00 bits per heavy atom. The molecule has 0 heterocycles. The number of hydrogen-bond acceptors (Lipinski definition) is 2. The van der Waals surface area contributed by atoms with Crippen molar-refractivity contribution in [1.29, 1.82) is 5.26 Å². The number of nitriles is 1. The molecule has 0 spiro atoms. The summed E-state index contributed by atoms with van der Waals surface area (Å²) in [7, 11) is 0. The summed E-state index contributed by atoms with van der Waals surface area (Å²) in [6.07, 6.45) is 0.761. The number of carbonyl (C=O) groups excluding carboxylic acids is 1. The summed E-state index contributed by atoms with van der Waals surface area (Å²) in [5.41, 5.74) is 2.16. The Bertz CT molecular complexity index is 674. The van der Waals surface area contributed by atoms with Crippen molar-refractivity contribution in [3.8, 4) is 6.07 Å². The molecule has 0 saturated heterocycles. The van der Waals surface area contributed by atoms with E-state index in [0.29, 0.717) is 11.1 Å². The van der Waals surface area contributed by atoms with E-state index in [1.165, 1.54) is 0 Å². The van der Waals surface area contributed by atoms with Crippen LogP contribution in [0.5, 0.6) is 0 Å². The van der Waals surface area contributed by atoms with Crippen LogP contribution in [0.3, 0.4) is 0 Å². The minimum atomic E-state index is -0.156. The minimum absolute atomic E-state index is 0.0180. The van der Waals surface area contributed by atoms with Crippen LogP contribution in [0.15, 0.2) is 53.0 Å². The van der Waals surface area contributed by atoms with Crippen LogP contribution in [-0.4, -0.2) is 11.9 Å². The largest absolute Gasteiger partial charge is 0.349 e. The van der Waals surface area contributed by atoms with Crippen molar-refractivity contribution in [1.82, 2.24) is 5.32 Å². The molecule has 1 amide bonds. The minimum Gasteiger partial charge on any atom is -0.349 e. The molecule has 2 rings (SSSR count). The quantitative estimate of drug-likeness (QED) is 0.921. The normalized spacial score (nSPS) is 11.5. The first-order valence-corrected chi connectivity index (χ1v) is 7.43. The molecule has 106 valence electrons. The first-order valence-electron chi connectivity index (χ1n) is 6.64. The second-order valence-electron chi connectivity index (χ2n) is 4.90. The van der Waals surface area contributed by atoms with Crippen molar-refractivity contribution in [2.24, 2.45) is 0 Å². The number of hydrogen-bond donors (Lipinski definition) is 1. The van der Waals surface area contributed by atoms with Crippen LogP contribution in [0.25, 0.3) is 0 Å². The molecular weight excluding hydrogens is 328 g/mol. The van der Waals surface area contributed by atoms with E-state index in [0.717, 1.165) is 16.5 Å². The van der Waals surface area contributed by atoms with E-state index >= 15 is 0 Å². The Kier molecular flexibility index (Phi) is 5.13. The van der Waals surface area contributed by atoms with Gasteiger partial charge in [-0.25, -0.2) is 0 Å². The molecule has 0 bridgehead atoms. The lowest BCUT2D eigenvalue weighted by Crippen LogP contribution is -2.34. The summed E-state index contributed by atoms with van der Waals surface area (Å²) in [5, 5.41) is 11.8. The molecule has 0 fully saturated rings. The molecule has 0 unspecified atom stereocenters. The zero-order chi connectivity index (χ0) is 15.2. The number of halogens is 1. The second kappa shape index (κ2) is 7.05. The van der Waals surface area contributed by atoms with E-state index in [2.05, 4.69) is 21.2 Å². The van der Waals surface area contributed by atoms with Gasteiger partial charge in [-0.3, -0.25) is 4.79 Å². The maximum Gasteiger partial charge on any atom is 0.251 e. The van der Waals surface area contributed by atoms with E-state index in [9.17, 15) is 4.79 Å². The Hall–Kier alpha value is -2.12. The van der Waals surface area contributed by atoms with E-state index in [-0.39, 0.29) is 11.9 Å². The SMILES string of the molecule is C[C@@H](Cc1ccc(Br)cc1)NC(=O)c1cccc(C#N)c1. The van der Waals surface area contributed by atoms with Crippen molar-refractivity contribution in [2.45, 2.75) is 19.4 Å². The first kappa shape index (κ1) is 15.3. The predicted molar refractivity (Wildman–Crippen MR) is 85.9 cm³/mol. The molecule has 4 heteroatoms. The molecule has 2 aromatic carbocycles. The smallest absolute Gasteiger partial charge is 0.251 e. The van der Waals surface area contributed by atoms with Gasteiger partial charge in [0.05, 0.1) is 11.6 Å². The highest BCUT2D eigenvalue weighted by atomic mass is 79.9. The fraction of sp³-hybridized carbons (Fsp3) is 0.176. The third-order valence-electron chi connectivity index (χ3n) is 3.09. The average Bonchev–Trinajstić information content (AvgIpc) is 2.49. The molecule has 1 N–H and O–H groups in total. The van der Waals surface area contributed by atoms with E-state index in [1.807, 2.05) is 37.3 Å². The molecule has 0 saturated carbocycles. The van der Waals surface area contributed by atoms with Gasteiger partial charge in [0.25, 0.3) is 5.91 Å². The summed E-state index contributed by atoms with van der Waals surface area (Å²) in [5.74, 6) is -0.156. The Morgan fingerprint density at radius 3 is 2.67 bits per heavy atom. The lowest BCUT2D eigenvalue weighted by molar-refractivity contribution is 0.0940. The molecule has 0 aliphatic heterocycles. The zero-order valence-corrected chi connectivity index (χ0v) is 13.2. The fourth-order valence-corrected chi connectivity index (χ4v) is 2.33. The van der Waals surface area contributed by atoms with Crippen LogP contribution in [0.4, 0.5) is 0 Å². The van der Waals surface area contributed by atoms with Gasteiger partial charge in [-0.15, -0.1) is 0 Å². The van der Waals surface area contributed by atoms with Gasteiger partial charge in [0.2, 0.25) is 0 Å². The highest BCUT2D eigenvalue weighted by Gasteiger charge is 2.10. The third-order valence-corrected chi connectivity index (χ3v) is 3.62. The highest BCUT2D eigenvalue weighted by molar-refractivity contribution is 9.10. The van der Waals surface area contributed by atoms with Gasteiger partial charge in [0.15, 0.2) is 0 Å². The van der Waals surface area contributed by atoms with E-state index in [4.69, 9.17) is 5.26 Å². The topological polar surface area (TPSA) is 52.9 Å². The van der Waals surface area contributed by atoms with E-state index < -0.39 is 0 Å². The Morgan fingerprint density at radius 1 is 1.29 bits per heavy atom. The maximum absolute atomic E-state index is 12.1. The third kappa shape index (κ3) is 4.44. The van der Waals surface area contributed by atoms with E-state index in [1.54, 1.807) is 24.3 Å². The summed E-state index contributed by atoms with van der Waals surface area (Å²) in [6.45, 7) is 1.97. The van der Waals surface area contributed by atoms with Gasteiger partial charge in [-0.2, -0.15) is 5.26 Å². The lowest BCUT2D eigenvalue weighted by Gasteiger charge is -2.14. The van der Waals surface area contributed by atoms with Crippen molar-refractivity contribution >= 4 is 21.8 Å². The number of rotatable bonds is 4. The highest BCUT2D eigenvalue weighted by Crippen LogP contribution is 2.12. The lowest BCUT2D eigenvalue weighted by atomic mass is 10.1. The molecule has 21 heavy (non-hydrogen) atoms. The molecule has 1 atom stereocenters. The van der Waals surface area contributed by atoms with Crippen molar-refractivity contribution in [2.75, 3.05) is 0 Å². The van der Waals surface area contributed by atoms with Crippen LogP contribution in [0.1, 0.15) is 28.4 Å². The van der Waals surface area contributed by atoms with Crippen molar-refractivity contribution in [3.05, 3.63) is 69.7 Å². The van der Waals surface area contributed by atoms with Gasteiger partial charge in [0, 0.05) is 16.1 Å². The summed E-state index contributed by atoms with van der Waals surface area (Å²) in [6, 6.07) is 16.8. The van der Waals surface area contributed by atoms with Gasteiger partial charge in [-0.05, 0) is 49.2 Å². The number of carbonyl (C=O) groups is 1.